The Hall–Kier alpha value is -1.38. The molecule has 0 spiro atoms. The summed E-state index contributed by atoms with van der Waals surface area (Å²) in [4.78, 5) is 14.7. The topological polar surface area (TPSA) is 88.6 Å². The predicted molar refractivity (Wildman–Crippen MR) is 71.1 cm³/mol. The van der Waals surface area contributed by atoms with Crippen LogP contribution in [0.25, 0.3) is 0 Å². The molecule has 0 saturated heterocycles. The van der Waals surface area contributed by atoms with Gasteiger partial charge in [0, 0.05) is 19.8 Å². The van der Waals surface area contributed by atoms with E-state index in [2.05, 4.69) is 14.4 Å². The summed E-state index contributed by atoms with van der Waals surface area (Å²) in [5.41, 5.74) is 0.175. The SMILES string of the molecule is COC(=O)CCN(C)S(=O)(=O)Nc1cnccc1Cl. The van der Waals surface area contributed by atoms with Crippen molar-refractivity contribution in [1.82, 2.24) is 9.29 Å². The van der Waals surface area contributed by atoms with Gasteiger partial charge in [-0.1, -0.05) is 11.6 Å². The van der Waals surface area contributed by atoms with E-state index in [0.717, 1.165) is 4.31 Å². The summed E-state index contributed by atoms with van der Waals surface area (Å²) in [6.07, 6.45) is 2.71. The van der Waals surface area contributed by atoms with Crippen molar-refractivity contribution in [2.24, 2.45) is 0 Å². The van der Waals surface area contributed by atoms with Gasteiger partial charge in [-0.15, -0.1) is 0 Å². The number of carbonyl (C=O) groups is 1. The maximum absolute atomic E-state index is 11.9. The zero-order valence-electron chi connectivity index (χ0n) is 10.5. The van der Waals surface area contributed by atoms with Gasteiger partial charge in [-0.25, -0.2) is 0 Å². The molecule has 0 aliphatic rings. The van der Waals surface area contributed by atoms with Crippen molar-refractivity contribution < 1.29 is 17.9 Å². The number of esters is 1. The summed E-state index contributed by atoms with van der Waals surface area (Å²) in [5, 5.41) is 0.236. The Morgan fingerprint density at radius 2 is 2.26 bits per heavy atom. The molecule has 0 amide bonds. The average molecular weight is 308 g/mol. The first-order chi connectivity index (χ1) is 8.86. The first-order valence-corrected chi connectivity index (χ1v) is 7.09. The van der Waals surface area contributed by atoms with Crippen LogP contribution < -0.4 is 4.72 Å². The molecular formula is C10H14ClN3O4S. The minimum absolute atomic E-state index is 0.000111. The van der Waals surface area contributed by atoms with Gasteiger partial charge in [0.25, 0.3) is 0 Å². The Morgan fingerprint density at radius 3 is 2.84 bits per heavy atom. The minimum Gasteiger partial charge on any atom is -0.469 e. The fourth-order valence-electron chi connectivity index (χ4n) is 1.14. The van der Waals surface area contributed by atoms with E-state index in [9.17, 15) is 13.2 Å². The van der Waals surface area contributed by atoms with E-state index in [1.54, 1.807) is 0 Å². The third-order valence-electron chi connectivity index (χ3n) is 2.28. The average Bonchev–Trinajstić information content (AvgIpc) is 2.37. The monoisotopic (exact) mass is 307 g/mol. The molecule has 106 valence electrons. The number of hydrogen-bond acceptors (Lipinski definition) is 5. The lowest BCUT2D eigenvalue weighted by molar-refractivity contribution is -0.140. The molecule has 1 heterocycles. The van der Waals surface area contributed by atoms with Crippen LogP contribution >= 0.6 is 11.6 Å². The third-order valence-corrected chi connectivity index (χ3v) is 4.09. The molecule has 7 nitrogen and oxygen atoms in total. The number of ether oxygens (including phenoxy) is 1. The highest BCUT2D eigenvalue weighted by atomic mass is 35.5. The fourth-order valence-corrected chi connectivity index (χ4v) is 2.28. The van der Waals surface area contributed by atoms with E-state index in [-0.39, 0.29) is 23.7 Å². The molecule has 0 aromatic carbocycles. The van der Waals surface area contributed by atoms with Gasteiger partial charge < -0.3 is 4.74 Å². The van der Waals surface area contributed by atoms with E-state index in [1.165, 1.54) is 32.6 Å². The van der Waals surface area contributed by atoms with Gasteiger partial charge in [-0.2, -0.15) is 12.7 Å². The van der Waals surface area contributed by atoms with Gasteiger partial charge >= 0.3 is 16.2 Å². The Morgan fingerprint density at radius 1 is 1.58 bits per heavy atom. The highest BCUT2D eigenvalue weighted by molar-refractivity contribution is 7.90. The van der Waals surface area contributed by atoms with E-state index in [4.69, 9.17) is 11.6 Å². The number of hydrogen-bond donors (Lipinski definition) is 1. The highest BCUT2D eigenvalue weighted by Gasteiger charge is 2.19. The second-order valence-corrected chi connectivity index (χ2v) is 5.80. The van der Waals surface area contributed by atoms with Gasteiger partial charge in [0.15, 0.2) is 0 Å². The van der Waals surface area contributed by atoms with Crippen LogP contribution in [0.4, 0.5) is 5.69 Å². The van der Waals surface area contributed by atoms with Crippen molar-refractivity contribution in [2.75, 3.05) is 25.4 Å². The fraction of sp³-hybridized carbons (Fsp3) is 0.400. The molecule has 9 heteroatoms. The number of anilines is 1. The lowest BCUT2D eigenvalue weighted by Gasteiger charge is -2.18. The van der Waals surface area contributed by atoms with Crippen molar-refractivity contribution in [3.63, 3.8) is 0 Å². The van der Waals surface area contributed by atoms with Gasteiger partial charge in [-0.05, 0) is 6.07 Å². The van der Waals surface area contributed by atoms with Crippen molar-refractivity contribution in [1.29, 1.82) is 0 Å². The molecule has 0 saturated carbocycles. The van der Waals surface area contributed by atoms with Crippen molar-refractivity contribution >= 4 is 33.5 Å². The van der Waals surface area contributed by atoms with Crippen LogP contribution in [-0.2, 0) is 19.7 Å². The molecule has 1 N–H and O–H groups in total. The maximum atomic E-state index is 11.9. The number of nitrogens with zero attached hydrogens (tertiary/aromatic N) is 2. The first-order valence-electron chi connectivity index (χ1n) is 5.27. The smallest absolute Gasteiger partial charge is 0.306 e. The van der Waals surface area contributed by atoms with E-state index < -0.39 is 16.2 Å². The Kier molecular flexibility index (Phi) is 5.52. The summed E-state index contributed by atoms with van der Waals surface area (Å²) in [6.45, 7) is -0.000111. The molecule has 0 fully saturated rings. The van der Waals surface area contributed by atoms with E-state index in [0.29, 0.717) is 0 Å². The van der Waals surface area contributed by atoms with E-state index in [1.807, 2.05) is 0 Å². The van der Waals surface area contributed by atoms with E-state index >= 15 is 0 Å². The summed E-state index contributed by atoms with van der Waals surface area (Å²) < 4.78 is 31.6. The number of aromatic nitrogens is 1. The molecule has 0 aliphatic carbocycles. The normalized spacial score (nSPS) is 11.4. The zero-order valence-corrected chi connectivity index (χ0v) is 12.0. The quantitative estimate of drug-likeness (QED) is 0.788. The lowest BCUT2D eigenvalue weighted by atomic mass is 10.4. The first kappa shape index (κ1) is 15.7. The van der Waals surface area contributed by atoms with Crippen LogP contribution in [0.5, 0.6) is 0 Å². The number of nitrogens with one attached hydrogen (secondary N) is 1. The summed E-state index contributed by atoms with van der Waals surface area (Å²) in [6, 6.07) is 1.47. The van der Waals surface area contributed by atoms with Crippen LogP contribution in [-0.4, -0.2) is 44.4 Å². The van der Waals surface area contributed by atoms with Gasteiger partial charge in [0.2, 0.25) is 0 Å². The molecular weight excluding hydrogens is 294 g/mol. The molecule has 0 aliphatic heterocycles. The Labute approximate surface area is 116 Å². The molecule has 0 atom stereocenters. The highest BCUT2D eigenvalue weighted by Crippen LogP contribution is 2.20. The molecule has 1 aromatic heterocycles. The third kappa shape index (κ3) is 4.66. The van der Waals surface area contributed by atoms with Crippen LogP contribution in [0.15, 0.2) is 18.5 Å². The number of methoxy groups -OCH3 is 1. The minimum atomic E-state index is -3.79. The van der Waals surface area contributed by atoms with Crippen LogP contribution in [0.2, 0.25) is 5.02 Å². The summed E-state index contributed by atoms with van der Waals surface area (Å²) >= 11 is 5.83. The predicted octanol–water partition coefficient (Wildman–Crippen LogP) is 0.887. The van der Waals surface area contributed by atoms with Gasteiger partial charge in [0.05, 0.1) is 30.4 Å². The molecule has 0 unspecified atom stereocenters. The van der Waals surface area contributed by atoms with Crippen LogP contribution in [0.1, 0.15) is 6.42 Å². The molecule has 1 rings (SSSR count). The van der Waals surface area contributed by atoms with Crippen molar-refractivity contribution in [3.05, 3.63) is 23.5 Å². The van der Waals surface area contributed by atoms with Gasteiger partial charge in [0.1, 0.15) is 0 Å². The van der Waals surface area contributed by atoms with Gasteiger partial charge in [-0.3, -0.25) is 14.5 Å². The Bertz CT molecular complexity index is 549. The van der Waals surface area contributed by atoms with Crippen molar-refractivity contribution in [3.8, 4) is 0 Å². The molecule has 19 heavy (non-hydrogen) atoms. The standard InChI is InChI=1S/C10H14ClN3O4S/c1-14(6-4-10(15)18-2)19(16,17)13-9-7-12-5-3-8(9)11/h3,5,7,13H,4,6H2,1-2H3. The number of rotatable bonds is 6. The van der Waals surface area contributed by atoms with Crippen molar-refractivity contribution in [2.45, 2.75) is 6.42 Å². The lowest BCUT2D eigenvalue weighted by Crippen LogP contribution is -2.34. The summed E-state index contributed by atoms with van der Waals surface area (Å²) in [5.74, 6) is -0.485. The number of pyridine rings is 1. The van der Waals surface area contributed by atoms with Crippen LogP contribution in [0.3, 0.4) is 0 Å². The number of carbonyl (C=O) groups excluding carboxylic acids is 1. The van der Waals surface area contributed by atoms with Crippen LogP contribution in [0, 0.1) is 0 Å². The molecule has 0 radical (unpaired) electrons. The number of halogens is 1. The maximum Gasteiger partial charge on any atom is 0.306 e. The Balaban J connectivity index is 2.70. The second kappa shape index (κ2) is 6.69. The zero-order chi connectivity index (χ0) is 14.5. The molecule has 0 bridgehead atoms. The second-order valence-electron chi connectivity index (χ2n) is 3.61. The summed E-state index contributed by atoms with van der Waals surface area (Å²) in [7, 11) is -1.21. The largest absolute Gasteiger partial charge is 0.469 e. The molecule has 1 aromatic rings.